The Balaban J connectivity index is 2.51. The average molecular weight is 216 g/mol. The number of carbonyl (C=O) groups excluding carboxylic acids is 1. The molecule has 2 heterocycles. The van der Waals surface area contributed by atoms with Crippen LogP contribution in [0.25, 0.3) is 10.2 Å². The van der Waals surface area contributed by atoms with Crippen LogP contribution in [0.5, 0.6) is 0 Å². The third-order valence-corrected chi connectivity index (χ3v) is 2.85. The van der Waals surface area contributed by atoms with Crippen LogP contribution in [0.1, 0.15) is 10.5 Å². The predicted octanol–water partition coefficient (Wildman–Crippen LogP) is 1.49. The zero-order valence-corrected chi connectivity index (χ0v) is 8.00. The Morgan fingerprint density at radius 1 is 1.62 bits per heavy atom. The molecule has 0 bridgehead atoms. The third kappa shape index (κ3) is 1.41. The molecule has 0 saturated carbocycles. The number of nitrogens with one attached hydrogen (secondary N) is 2. The van der Waals surface area contributed by atoms with Crippen molar-refractivity contribution in [2.75, 3.05) is 0 Å². The number of nitrogen functional groups attached to an aromatic ring is 1. The second-order valence-corrected chi connectivity index (χ2v) is 4.17. The predicted molar refractivity (Wildman–Crippen MR) is 52.8 cm³/mol. The van der Waals surface area contributed by atoms with Gasteiger partial charge in [0.15, 0.2) is 0 Å². The number of aromatic nitrogens is 1. The molecule has 0 aromatic carbocycles. The largest absolute Gasteiger partial charge is 0.342 e. The first-order valence-electron chi connectivity index (χ1n) is 3.49. The Morgan fingerprint density at radius 3 is 3.00 bits per heavy atom. The Kier molecular flexibility index (Phi) is 1.99. The molecule has 0 radical (unpaired) electrons. The maximum Gasteiger partial charge on any atom is 0.281 e. The van der Waals surface area contributed by atoms with Crippen LogP contribution >= 0.6 is 22.9 Å². The van der Waals surface area contributed by atoms with E-state index in [1.807, 2.05) is 5.43 Å². The normalized spacial score (nSPS) is 10.6. The van der Waals surface area contributed by atoms with E-state index in [4.69, 9.17) is 17.4 Å². The minimum atomic E-state index is -0.334. The van der Waals surface area contributed by atoms with Gasteiger partial charge in [-0.15, -0.1) is 11.3 Å². The van der Waals surface area contributed by atoms with Crippen LogP contribution in [0, 0.1) is 0 Å². The molecule has 6 heteroatoms. The van der Waals surface area contributed by atoms with Gasteiger partial charge in [0, 0.05) is 5.39 Å². The first-order chi connectivity index (χ1) is 6.20. The van der Waals surface area contributed by atoms with Gasteiger partial charge in [0.2, 0.25) is 0 Å². The molecule has 68 valence electrons. The van der Waals surface area contributed by atoms with Gasteiger partial charge < -0.3 is 4.98 Å². The van der Waals surface area contributed by atoms with Crippen molar-refractivity contribution < 1.29 is 4.79 Å². The lowest BCUT2D eigenvalue weighted by atomic mass is 10.3. The first kappa shape index (κ1) is 8.55. The van der Waals surface area contributed by atoms with Crippen LogP contribution in [-0.2, 0) is 0 Å². The van der Waals surface area contributed by atoms with Crippen LogP contribution in [-0.4, -0.2) is 10.9 Å². The number of H-pyrrole nitrogens is 1. The minimum Gasteiger partial charge on any atom is -0.342 e. The number of fused-ring (bicyclic) bond motifs is 1. The number of nitrogens with two attached hydrogens (primary N) is 1. The molecule has 0 spiro atoms. The quantitative estimate of drug-likeness (QED) is 0.383. The zero-order valence-electron chi connectivity index (χ0n) is 6.43. The van der Waals surface area contributed by atoms with E-state index >= 15 is 0 Å². The molecular formula is C7H6ClN3OS. The lowest BCUT2D eigenvalue weighted by molar-refractivity contribution is 0.0949. The molecule has 0 atom stereocenters. The highest BCUT2D eigenvalue weighted by Gasteiger charge is 2.09. The Bertz CT molecular complexity index is 430. The van der Waals surface area contributed by atoms with E-state index in [1.54, 1.807) is 12.1 Å². The summed E-state index contributed by atoms with van der Waals surface area (Å²) in [6.07, 6.45) is 0. The van der Waals surface area contributed by atoms with Gasteiger partial charge in [-0.25, -0.2) is 5.84 Å². The van der Waals surface area contributed by atoms with Gasteiger partial charge in [-0.2, -0.15) is 0 Å². The number of hydrogen-bond donors (Lipinski definition) is 3. The van der Waals surface area contributed by atoms with E-state index in [9.17, 15) is 4.79 Å². The number of hydrogen-bond acceptors (Lipinski definition) is 3. The average Bonchev–Trinajstić information content (AvgIpc) is 2.59. The molecular weight excluding hydrogens is 210 g/mol. The molecule has 4 N–H and O–H groups in total. The summed E-state index contributed by atoms with van der Waals surface area (Å²) in [6.45, 7) is 0. The number of carbonyl (C=O) groups is 1. The van der Waals surface area contributed by atoms with Crippen molar-refractivity contribution in [3.05, 3.63) is 22.2 Å². The highest BCUT2D eigenvalue weighted by Crippen LogP contribution is 2.29. The molecule has 2 aromatic rings. The van der Waals surface area contributed by atoms with Gasteiger partial charge in [-0.05, 0) is 12.1 Å². The fraction of sp³-hybridized carbons (Fsp3) is 0. The second kappa shape index (κ2) is 3.02. The van der Waals surface area contributed by atoms with Crippen LogP contribution in [0.4, 0.5) is 0 Å². The summed E-state index contributed by atoms with van der Waals surface area (Å²) < 4.78 is 0.695. The molecule has 13 heavy (non-hydrogen) atoms. The van der Waals surface area contributed by atoms with Gasteiger partial charge in [0.25, 0.3) is 5.91 Å². The zero-order chi connectivity index (χ0) is 9.42. The second-order valence-electron chi connectivity index (χ2n) is 2.49. The summed E-state index contributed by atoms with van der Waals surface area (Å²) in [4.78, 5) is 14.9. The first-order valence-corrected chi connectivity index (χ1v) is 4.69. The smallest absolute Gasteiger partial charge is 0.281 e. The number of aromatic amines is 1. The summed E-state index contributed by atoms with van der Waals surface area (Å²) in [5.41, 5.74) is 2.49. The maximum absolute atomic E-state index is 11.1. The molecule has 0 aliphatic rings. The number of thiophene rings is 1. The number of amides is 1. The molecule has 2 aromatic heterocycles. The summed E-state index contributed by atoms with van der Waals surface area (Å²) in [5.74, 6) is 4.65. The topological polar surface area (TPSA) is 70.9 Å². The fourth-order valence-corrected chi connectivity index (χ4v) is 2.22. The summed E-state index contributed by atoms with van der Waals surface area (Å²) in [5, 5.41) is 0.925. The van der Waals surface area contributed by atoms with Crippen LogP contribution in [0.3, 0.4) is 0 Å². The van der Waals surface area contributed by atoms with Gasteiger partial charge in [-0.3, -0.25) is 10.2 Å². The van der Waals surface area contributed by atoms with Gasteiger partial charge >= 0.3 is 0 Å². The van der Waals surface area contributed by atoms with E-state index < -0.39 is 0 Å². The standard InChI is InChI=1S/C7H6ClN3OS/c8-5-2-3-1-4(6(12)11-9)10-7(3)13-5/h1-2,10H,9H2,(H,11,12). The van der Waals surface area contributed by atoms with Crippen LogP contribution in [0.15, 0.2) is 12.1 Å². The van der Waals surface area contributed by atoms with Crippen molar-refractivity contribution in [1.82, 2.24) is 10.4 Å². The van der Waals surface area contributed by atoms with Crippen molar-refractivity contribution in [3.63, 3.8) is 0 Å². The lowest BCUT2D eigenvalue weighted by Crippen LogP contribution is -2.30. The van der Waals surface area contributed by atoms with E-state index in [0.717, 1.165) is 10.2 Å². The highest BCUT2D eigenvalue weighted by molar-refractivity contribution is 7.22. The van der Waals surface area contributed by atoms with Gasteiger partial charge in [0.1, 0.15) is 10.5 Å². The fourth-order valence-electron chi connectivity index (χ4n) is 1.09. The molecule has 0 fully saturated rings. The van der Waals surface area contributed by atoms with E-state index in [1.165, 1.54) is 11.3 Å². The molecule has 0 aliphatic carbocycles. The summed E-state index contributed by atoms with van der Waals surface area (Å²) in [7, 11) is 0. The van der Waals surface area contributed by atoms with Crippen molar-refractivity contribution in [2.45, 2.75) is 0 Å². The van der Waals surface area contributed by atoms with Crippen LogP contribution in [0.2, 0.25) is 4.34 Å². The Hall–Kier alpha value is -1.04. The van der Waals surface area contributed by atoms with Crippen molar-refractivity contribution in [2.24, 2.45) is 5.84 Å². The minimum absolute atomic E-state index is 0.334. The summed E-state index contributed by atoms with van der Waals surface area (Å²) in [6, 6.07) is 3.51. The van der Waals surface area contributed by atoms with Crippen molar-refractivity contribution in [1.29, 1.82) is 0 Å². The van der Waals surface area contributed by atoms with E-state index in [-0.39, 0.29) is 5.91 Å². The monoisotopic (exact) mass is 215 g/mol. The number of hydrazine groups is 1. The SMILES string of the molecule is NNC(=O)c1cc2cc(Cl)sc2[nH]1. The molecule has 0 unspecified atom stereocenters. The third-order valence-electron chi connectivity index (χ3n) is 1.65. The molecule has 1 amide bonds. The highest BCUT2D eigenvalue weighted by atomic mass is 35.5. The lowest BCUT2D eigenvalue weighted by Gasteiger charge is -1.92. The van der Waals surface area contributed by atoms with E-state index in [2.05, 4.69) is 4.98 Å². The molecule has 4 nitrogen and oxygen atoms in total. The molecule has 0 saturated heterocycles. The number of halogens is 1. The Labute approximate surface area is 82.7 Å². The van der Waals surface area contributed by atoms with E-state index in [0.29, 0.717) is 10.0 Å². The van der Waals surface area contributed by atoms with Gasteiger partial charge in [0.05, 0.1) is 4.34 Å². The Morgan fingerprint density at radius 2 is 2.38 bits per heavy atom. The molecule has 2 rings (SSSR count). The van der Waals surface area contributed by atoms with Crippen molar-refractivity contribution in [3.8, 4) is 0 Å². The molecule has 0 aliphatic heterocycles. The van der Waals surface area contributed by atoms with Crippen LogP contribution < -0.4 is 11.3 Å². The summed E-state index contributed by atoms with van der Waals surface area (Å²) >= 11 is 7.15. The van der Waals surface area contributed by atoms with Crippen molar-refractivity contribution >= 4 is 39.1 Å². The van der Waals surface area contributed by atoms with Gasteiger partial charge in [-0.1, -0.05) is 11.6 Å². The maximum atomic E-state index is 11.1. The number of rotatable bonds is 1.